The number of halogens is 1. The van der Waals surface area contributed by atoms with E-state index in [1.54, 1.807) is 0 Å². The second-order valence-corrected chi connectivity index (χ2v) is 7.38. The Morgan fingerprint density at radius 3 is 2.59 bits per heavy atom. The van der Waals surface area contributed by atoms with Crippen molar-refractivity contribution in [1.82, 2.24) is 15.2 Å². The van der Waals surface area contributed by atoms with E-state index in [4.69, 9.17) is 0 Å². The Labute approximate surface area is 179 Å². The van der Waals surface area contributed by atoms with E-state index in [-0.39, 0.29) is 29.4 Å². The average molecular weight is 479 g/mol. The second kappa shape index (κ2) is 9.39. The van der Waals surface area contributed by atoms with Crippen molar-refractivity contribution >= 4 is 35.8 Å². The molecule has 1 aromatic heterocycles. The van der Waals surface area contributed by atoms with Crippen LogP contribution in [0.2, 0.25) is 0 Å². The van der Waals surface area contributed by atoms with Crippen molar-refractivity contribution in [3.05, 3.63) is 59.8 Å². The summed E-state index contributed by atoms with van der Waals surface area (Å²) in [5.74, 6) is 1.92. The van der Waals surface area contributed by atoms with Gasteiger partial charge in [-0.15, -0.1) is 24.0 Å². The molecule has 0 saturated carbocycles. The number of rotatable bonds is 4. The zero-order valence-electron chi connectivity index (χ0n) is 16.6. The Kier molecular flexibility index (Phi) is 7.47. The van der Waals surface area contributed by atoms with Gasteiger partial charge in [-0.3, -0.25) is 4.99 Å². The number of pyridine rings is 1. The number of likely N-dealkylation sites (tertiary alicyclic amines) is 1. The van der Waals surface area contributed by atoms with Gasteiger partial charge in [0.15, 0.2) is 5.96 Å². The summed E-state index contributed by atoms with van der Waals surface area (Å²) < 4.78 is 0. The predicted octanol–water partition coefficient (Wildman–Crippen LogP) is 3.50. The van der Waals surface area contributed by atoms with Crippen molar-refractivity contribution in [2.24, 2.45) is 4.99 Å². The van der Waals surface area contributed by atoms with Gasteiger partial charge in [-0.2, -0.15) is 0 Å². The average Bonchev–Trinajstić information content (AvgIpc) is 3.07. The van der Waals surface area contributed by atoms with Gasteiger partial charge in [0.1, 0.15) is 5.82 Å². The smallest absolute Gasteiger partial charge is 0.193 e. The van der Waals surface area contributed by atoms with E-state index in [1.165, 1.54) is 5.56 Å². The van der Waals surface area contributed by atoms with Crippen LogP contribution in [0.3, 0.4) is 0 Å². The lowest BCUT2D eigenvalue weighted by Crippen LogP contribution is -2.41. The number of guanidine groups is 1. The Bertz CT molecular complexity index is 762. The molecular weight excluding hydrogens is 449 g/mol. The molecule has 1 aromatic carbocycles. The number of nitrogens with one attached hydrogen (secondary N) is 1. The van der Waals surface area contributed by atoms with E-state index < -0.39 is 0 Å². The largest absolute Gasteiger partial charge is 0.363 e. The van der Waals surface area contributed by atoms with Crippen molar-refractivity contribution in [1.29, 1.82) is 0 Å². The van der Waals surface area contributed by atoms with Gasteiger partial charge >= 0.3 is 0 Å². The third-order valence-corrected chi connectivity index (χ3v) is 5.13. The molecule has 1 N–H and O–H groups in total. The van der Waals surface area contributed by atoms with Gasteiger partial charge in [0.2, 0.25) is 0 Å². The number of nitrogens with zero attached hydrogens (tertiary/aromatic N) is 4. The van der Waals surface area contributed by atoms with Crippen LogP contribution >= 0.6 is 24.0 Å². The maximum atomic E-state index is 4.67. The van der Waals surface area contributed by atoms with Crippen LogP contribution < -0.4 is 10.2 Å². The number of aromatic nitrogens is 1. The SMILES string of the molecule is CN=C(NCc1cccc(N(C)C)n1)N1CCC(C)(c2ccccc2)C1.I. The van der Waals surface area contributed by atoms with E-state index in [0.717, 1.165) is 37.0 Å². The maximum absolute atomic E-state index is 4.67. The Morgan fingerprint density at radius 2 is 1.93 bits per heavy atom. The number of anilines is 1. The molecule has 2 heterocycles. The molecule has 1 unspecified atom stereocenters. The van der Waals surface area contributed by atoms with Gasteiger partial charge in [0.05, 0.1) is 12.2 Å². The first-order valence-electron chi connectivity index (χ1n) is 9.16. The van der Waals surface area contributed by atoms with Gasteiger partial charge in [0, 0.05) is 39.6 Å². The highest BCUT2D eigenvalue weighted by atomic mass is 127. The molecule has 1 saturated heterocycles. The van der Waals surface area contributed by atoms with Crippen molar-refractivity contribution in [3.8, 4) is 0 Å². The highest BCUT2D eigenvalue weighted by molar-refractivity contribution is 14.0. The molecule has 0 amide bonds. The van der Waals surface area contributed by atoms with Crippen LogP contribution in [0.4, 0.5) is 5.82 Å². The number of hydrogen-bond donors (Lipinski definition) is 1. The lowest BCUT2D eigenvalue weighted by Gasteiger charge is -2.27. The summed E-state index contributed by atoms with van der Waals surface area (Å²) in [5.41, 5.74) is 2.59. The fraction of sp³-hybridized carbons (Fsp3) is 0.429. The maximum Gasteiger partial charge on any atom is 0.193 e. The molecule has 1 fully saturated rings. The minimum Gasteiger partial charge on any atom is -0.363 e. The zero-order valence-corrected chi connectivity index (χ0v) is 19.0. The quantitative estimate of drug-likeness (QED) is 0.414. The van der Waals surface area contributed by atoms with Gasteiger partial charge in [-0.1, -0.05) is 43.3 Å². The molecule has 0 bridgehead atoms. The first-order valence-corrected chi connectivity index (χ1v) is 9.16. The lowest BCUT2D eigenvalue weighted by molar-refractivity contribution is 0.438. The normalized spacial score (nSPS) is 19.6. The molecule has 5 nitrogen and oxygen atoms in total. The summed E-state index contributed by atoms with van der Waals surface area (Å²) >= 11 is 0. The molecule has 3 rings (SSSR count). The van der Waals surface area contributed by atoms with Gasteiger partial charge in [-0.25, -0.2) is 4.98 Å². The van der Waals surface area contributed by atoms with Crippen LogP contribution in [0.15, 0.2) is 53.5 Å². The van der Waals surface area contributed by atoms with Crippen molar-refractivity contribution in [3.63, 3.8) is 0 Å². The summed E-state index contributed by atoms with van der Waals surface area (Å²) in [5, 5.41) is 3.48. The standard InChI is InChI=1S/C21H29N5.HI/c1-21(17-9-6-5-7-10-17)13-14-26(16-21)20(22-2)23-15-18-11-8-12-19(24-18)25(3)4;/h5-12H,13-16H2,1-4H3,(H,22,23);1H. The highest BCUT2D eigenvalue weighted by Gasteiger charge is 2.36. The monoisotopic (exact) mass is 479 g/mol. The van der Waals surface area contributed by atoms with E-state index in [0.29, 0.717) is 6.54 Å². The number of aliphatic imine (C=N–C) groups is 1. The molecule has 0 radical (unpaired) electrons. The second-order valence-electron chi connectivity index (χ2n) is 7.38. The molecule has 6 heteroatoms. The van der Waals surface area contributed by atoms with Crippen molar-refractivity contribution in [2.75, 3.05) is 39.1 Å². The molecule has 0 aliphatic carbocycles. The van der Waals surface area contributed by atoms with E-state index in [1.807, 2.05) is 44.2 Å². The van der Waals surface area contributed by atoms with Crippen LogP contribution in [-0.2, 0) is 12.0 Å². The molecular formula is C21H30IN5. The van der Waals surface area contributed by atoms with E-state index in [2.05, 4.69) is 57.4 Å². The van der Waals surface area contributed by atoms with Crippen molar-refractivity contribution in [2.45, 2.75) is 25.3 Å². The summed E-state index contributed by atoms with van der Waals surface area (Å²) in [6.07, 6.45) is 1.13. The lowest BCUT2D eigenvalue weighted by atomic mass is 9.82. The van der Waals surface area contributed by atoms with Crippen molar-refractivity contribution < 1.29 is 0 Å². The van der Waals surface area contributed by atoms with Crippen LogP contribution in [0.25, 0.3) is 0 Å². The summed E-state index contributed by atoms with van der Waals surface area (Å²) in [6.45, 7) is 5.00. The summed E-state index contributed by atoms with van der Waals surface area (Å²) in [6, 6.07) is 16.9. The number of hydrogen-bond acceptors (Lipinski definition) is 3. The molecule has 27 heavy (non-hydrogen) atoms. The molecule has 1 aliphatic rings. The first kappa shape index (κ1) is 21.5. The number of benzene rings is 1. The summed E-state index contributed by atoms with van der Waals surface area (Å²) in [7, 11) is 5.87. The Balaban J connectivity index is 0.00000261. The molecule has 146 valence electrons. The Morgan fingerprint density at radius 1 is 1.19 bits per heavy atom. The molecule has 0 spiro atoms. The topological polar surface area (TPSA) is 43.8 Å². The van der Waals surface area contributed by atoms with Crippen LogP contribution in [0, 0.1) is 0 Å². The minimum atomic E-state index is 0. The third-order valence-electron chi connectivity index (χ3n) is 5.13. The van der Waals surface area contributed by atoms with E-state index in [9.17, 15) is 0 Å². The molecule has 1 aliphatic heterocycles. The fourth-order valence-corrected chi connectivity index (χ4v) is 3.53. The zero-order chi connectivity index (χ0) is 18.6. The Hall–Kier alpha value is -1.83. The van der Waals surface area contributed by atoms with Crippen LogP contribution in [0.1, 0.15) is 24.6 Å². The van der Waals surface area contributed by atoms with Gasteiger partial charge in [0.25, 0.3) is 0 Å². The van der Waals surface area contributed by atoms with Gasteiger partial charge in [-0.05, 0) is 24.1 Å². The highest BCUT2D eigenvalue weighted by Crippen LogP contribution is 2.33. The van der Waals surface area contributed by atoms with Crippen LogP contribution in [0.5, 0.6) is 0 Å². The van der Waals surface area contributed by atoms with Gasteiger partial charge < -0.3 is 15.1 Å². The minimum absolute atomic E-state index is 0. The predicted molar refractivity (Wildman–Crippen MR) is 124 cm³/mol. The first-order chi connectivity index (χ1) is 12.5. The third kappa shape index (κ3) is 5.12. The van der Waals surface area contributed by atoms with E-state index >= 15 is 0 Å². The molecule has 2 aromatic rings. The fourth-order valence-electron chi connectivity index (χ4n) is 3.53. The summed E-state index contributed by atoms with van der Waals surface area (Å²) in [4.78, 5) is 13.5. The van der Waals surface area contributed by atoms with Crippen LogP contribution in [-0.4, -0.2) is 50.1 Å². The molecule has 1 atom stereocenters.